The molecule has 5 heteroatoms. The van der Waals surface area contributed by atoms with E-state index in [1.807, 2.05) is 13.8 Å². The molecule has 0 aromatic carbocycles. The Morgan fingerprint density at radius 3 is 2.53 bits per heavy atom. The van der Waals surface area contributed by atoms with Gasteiger partial charge in [0.1, 0.15) is 5.69 Å². The quantitative estimate of drug-likeness (QED) is 0.863. The topological polar surface area (TPSA) is 64.9 Å². The molecule has 2 rings (SSSR count). The minimum Gasteiger partial charge on any atom is -0.461 e. The first kappa shape index (κ1) is 10.2. The summed E-state index contributed by atoms with van der Waals surface area (Å²) in [6, 6.07) is 1.80. The Hall–Kier alpha value is -1.36. The van der Waals surface area contributed by atoms with Crippen molar-refractivity contribution < 1.29 is 4.42 Å². The summed E-state index contributed by atoms with van der Waals surface area (Å²) >= 11 is 3.36. The van der Waals surface area contributed by atoms with Crippen LogP contribution in [0.4, 0.5) is 5.82 Å². The van der Waals surface area contributed by atoms with Gasteiger partial charge in [-0.3, -0.25) is 0 Å². The minimum absolute atomic E-state index is 0.383. The third-order valence-electron chi connectivity index (χ3n) is 2.17. The molecule has 2 aromatic heterocycles. The van der Waals surface area contributed by atoms with Crippen molar-refractivity contribution in [3.8, 4) is 11.5 Å². The molecule has 78 valence electrons. The Labute approximate surface area is 95.7 Å². The lowest BCUT2D eigenvalue weighted by atomic mass is 10.2. The molecule has 0 aliphatic rings. The number of aromatic nitrogens is 2. The SMILES string of the molecule is Cc1nc(N)c(-c2occc2Br)nc1C. The Morgan fingerprint density at radius 2 is 1.93 bits per heavy atom. The van der Waals surface area contributed by atoms with Gasteiger partial charge >= 0.3 is 0 Å². The predicted octanol–water partition coefficient (Wildman–Crippen LogP) is 2.70. The predicted molar refractivity (Wildman–Crippen MR) is 61.3 cm³/mol. The Bertz CT molecular complexity index is 507. The number of hydrogen-bond acceptors (Lipinski definition) is 4. The van der Waals surface area contributed by atoms with Crippen molar-refractivity contribution >= 4 is 21.7 Å². The highest BCUT2D eigenvalue weighted by Crippen LogP contribution is 2.31. The fraction of sp³-hybridized carbons (Fsp3) is 0.200. The normalized spacial score (nSPS) is 10.6. The average molecular weight is 268 g/mol. The highest BCUT2D eigenvalue weighted by Gasteiger charge is 2.14. The Morgan fingerprint density at radius 1 is 1.27 bits per heavy atom. The van der Waals surface area contributed by atoms with Crippen molar-refractivity contribution in [2.45, 2.75) is 13.8 Å². The first-order valence-electron chi connectivity index (χ1n) is 4.43. The summed E-state index contributed by atoms with van der Waals surface area (Å²) in [6.45, 7) is 3.77. The van der Waals surface area contributed by atoms with Crippen LogP contribution in [0.2, 0.25) is 0 Å². The molecule has 2 aromatic rings. The first-order valence-corrected chi connectivity index (χ1v) is 5.23. The second-order valence-corrected chi connectivity index (χ2v) is 4.08. The molecular weight excluding hydrogens is 258 g/mol. The molecule has 0 saturated heterocycles. The van der Waals surface area contributed by atoms with Crippen molar-refractivity contribution in [3.63, 3.8) is 0 Å². The van der Waals surface area contributed by atoms with Gasteiger partial charge in [0.05, 0.1) is 22.1 Å². The molecule has 0 unspecified atom stereocenters. The molecule has 0 spiro atoms. The molecule has 2 heterocycles. The van der Waals surface area contributed by atoms with E-state index < -0.39 is 0 Å². The molecular formula is C10H10BrN3O. The van der Waals surface area contributed by atoms with Crippen molar-refractivity contribution in [2.24, 2.45) is 0 Å². The third kappa shape index (κ3) is 1.74. The number of aryl methyl sites for hydroxylation is 2. The van der Waals surface area contributed by atoms with Gasteiger partial charge in [0.25, 0.3) is 0 Å². The summed E-state index contributed by atoms with van der Waals surface area (Å²) in [6.07, 6.45) is 1.58. The van der Waals surface area contributed by atoms with Crippen LogP contribution in [-0.4, -0.2) is 9.97 Å². The largest absolute Gasteiger partial charge is 0.461 e. The molecule has 0 atom stereocenters. The zero-order valence-corrected chi connectivity index (χ0v) is 10.00. The van der Waals surface area contributed by atoms with Crippen LogP contribution in [0.15, 0.2) is 21.2 Å². The third-order valence-corrected chi connectivity index (χ3v) is 2.79. The summed E-state index contributed by atoms with van der Waals surface area (Å²) in [7, 11) is 0. The standard InChI is InChI=1S/C10H10BrN3O/c1-5-6(2)14-10(12)8(13-5)9-7(11)3-4-15-9/h3-4H,1-2H3,(H2,12,14). The summed E-state index contributed by atoms with van der Waals surface area (Å²) < 4.78 is 6.12. The average Bonchev–Trinajstić information content (AvgIpc) is 2.58. The molecule has 0 saturated carbocycles. The second kappa shape index (κ2) is 3.66. The van der Waals surface area contributed by atoms with Gasteiger partial charge in [-0.1, -0.05) is 0 Å². The van der Waals surface area contributed by atoms with Gasteiger partial charge in [0, 0.05) is 0 Å². The zero-order chi connectivity index (χ0) is 11.0. The van der Waals surface area contributed by atoms with Crippen LogP contribution in [0.3, 0.4) is 0 Å². The lowest BCUT2D eigenvalue weighted by Crippen LogP contribution is -2.01. The molecule has 0 aliphatic carbocycles. The van der Waals surface area contributed by atoms with E-state index in [2.05, 4.69) is 25.9 Å². The minimum atomic E-state index is 0.383. The van der Waals surface area contributed by atoms with Crippen molar-refractivity contribution in [2.75, 3.05) is 5.73 Å². The smallest absolute Gasteiger partial charge is 0.170 e. The number of rotatable bonds is 1. The number of nitrogens with two attached hydrogens (primary N) is 1. The van der Waals surface area contributed by atoms with E-state index >= 15 is 0 Å². The molecule has 2 N–H and O–H groups in total. The van der Waals surface area contributed by atoms with E-state index in [-0.39, 0.29) is 0 Å². The van der Waals surface area contributed by atoms with Gasteiger partial charge in [0.2, 0.25) is 0 Å². The number of anilines is 1. The van der Waals surface area contributed by atoms with Crippen LogP contribution in [0.1, 0.15) is 11.4 Å². The van der Waals surface area contributed by atoms with Crippen molar-refractivity contribution in [1.29, 1.82) is 0 Å². The van der Waals surface area contributed by atoms with Crippen molar-refractivity contribution in [3.05, 3.63) is 28.2 Å². The number of halogens is 1. The summed E-state index contributed by atoms with van der Waals surface area (Å²) in [5.41, 5.74) is 8.06. The maximum Gasteiger partial charge on any atom is 0.170 e. The number of hydrogen-bond donors (Lipinski definition) is 1. The maximum atomic E-state index is 5.80. The van der Waals surface area contributed by atoms with Crippen LogP contribution in [0.25, 0.3) is 11.5 Å². The molecule has 0 amide bonds. The fourth-order valence-corrected chi connectivity index (χ4v) is 1.64. The van der Waals surface area contributed by atoms with E-state index in [9.17, 15) is 0 Å². The Balaban J connectivity index is 2.64. The van der Waals surface area contributed by atoms with E-state index in [4.69, 9.17) is 10.2 Å². The van der Waals surface area contributed by atoms with Gasteiger partial charge in [-0.25, -0.2) is 9.97 Å². The molecule has 4 nitrogen and oxygen atoms in total. The van der Waals surface area contributed by atoms with E-state index in [1.54, 1.807) is 12.3 Å². The van der Waals surface area contributed by atoms with Crippen LogP contribution < -0.4 is 5.73 Å². The van der Waals surface area contributed by atoms with Gasteiger partial charge in [-0.2, -0.15) is 0 Å². The molecule has 0 bridgehead atoms. The van der Waals surface area contributed by atoms with Gasteiger partial charge in [0.15, 0.2) is 11.6 Å². The van der Waals surface area contributed by atoms with Gasteiger partial charge in [-0.05, 0) is 35.8 Å². The van der Waals surface area contributed by atoms with Crippen LogP contribution in [0.5, 0.6) is 0 Å². The van der Waals surface area contributed by atoms with Crippen molar-refractivity contribution in [1.82, 2.24) is 9.97 Å². The molecule has 15 heavy (non-hydrogen) atoms. The van der Waals surface area contributed by atoms with E-state index in [0.29, 0.717) is 17.3 Å². The van der Waals surface area contributed by atoms with E-state index in [0.717, 1.165) is 15.9 Å². The monoisotopic (exact) mass is 267 g/mol. The summed E-state index contributed by atoms with van der Waals surface area (Å²) in [5, 5.41) is 0. The van der Waals surface area contributed by atoms with Crippen LogP contribution >= 0.6 is 15.9 Å². The number of furan rings is 1. The Kier molecular flexibility index (Phi) is 2.48. The van der Waals surface area contributed by atoms with E-state index in [1.165, 1.54) is 0 Å². The summed E-state index contributed by atoms with van der Waals surface area (Å²) in [5.74, 6) is 0.997. The van der Waals surface area contributed by atoms with Gasteiger partial charge < -0.3 is 10.2 Å². The maximum absolute atomic E-state index is 5.80. The lowest BCUT2D eigenvalue weighted by molar-refractivity contribution is 0.578. The summed E-state index contributed by atoms with van der Waals surface area (Å²) in [4.78, 5) is 8.57. The zero-order valence-electron chi connectivity index (χ0n) is 8.41. The highest BCUT2D eigenvalue weighted by atomic mass is 79.9. The molecule has 0 radical (unpaired) electrons. The number of nitrogen functional groups attached to an aromatic ring is 1. The lowest BCUT2D eigenvalue weighted by Gasteiger charge is -2.05. The highest BCUT2D eigenvalue weighted by molar-refractivity contribution is 9.10. The van der Waals surface area contributed by atoms with Crippen LogP contribution in [0, 0.1) is 13.8 Å². The first-order chi connectivity index (χ1) is 7.09. The van der Waals surface area contributed by atoms with Gasteiger partial charge in [-0.15, -0.1) is 0 Å². The molecule has 0 aliphatic heterocycles. The second-order valence-electron chi connectivity index (χ2n) is 3.23. The molecule has 0 fully saturated rings. The number of nitrogens with zero attached hydrogens (tertiary/aromatic N) is 2. The van der Waals surface area contributed by atoms with Crippen LogP contribution in [-0.2, 0) is 0 Å². The fourth-order valence-electron chi connectivity index (χ4n) is 1.25.